The number of ether oxygens (including phenoxy) is 1. The zero-order valence-corrected chi connectivity index (χ0v) is 19.9. The molecule has 0 saturated carbocycles. The Balaban J connectivity index is 1.90. The van der Waals surface area contributed by atoms with E-state index in [2.05, 4.69) is 10.4 Å². The Morgan fingerprint density at radius 3 is 2.38 bits per heavy atom. The molecular formula is C25H27ClN4O4. The first-order chi connectivity index (χ1) is 16.5. The fraction of sp³-hybridized carbons (Fsp3) is 0.280. The highest BCUT2D eigenvalue weighted by molar-refractivity contribution is 6.29. The summed E-state index contributed by atoms with van der Waals surface area (Å²) >= 11 is 5.93. The maximum Gasteiger partial charge on any atom is 0.338 e. The number of alkyl halides is 1. The zero-order chi connectivity index (χ0) is 24.5. The van der Waals surface area contributed by atoms with Crippen LogP contribution in [0.3, 0.4) is 0 Å². The van der Waals surface area contributed by atoms with E-state index in [0.29, 0.717) is 29.9 Å². The summed E-state index contributed by atoms with van der Waals surface area (Å²) in [6.07, 6.45) is 2.20. The number of anilines is 1. The normalized spacial score (nSPS) is 11.5. The van der Waals surface area contributed by atoms with Gasteiger partial charge in [0.25, 0.3) is 0 Å². The molecule has 1 aromatic heterocycles. The number of carbonyl (C=O) groups excluding carboxylic acids is 3. The molecule has 0 saturated heterocycles. The molecule has 2 aromatic carbocycles. The molecule has 1 atom stereocenters. The minimum Gasteiger partial charge on any atom is -0.462 e. The minimum absolute atomic E-state index is 0.253. The number of nitrogens with zero attached hydrogens (tertiary/aromatic N) is 3. The number of halogens is 1. The van der Waals surface area contributed by atoms with Gasteiger partial charge in [-0.3, -0.25) is 19.2 Å². The van der Waals surface area contributed by atoms with Crippen molar-refractivity contribution in [2.24, 2.45) is 7.05 Å². The summed E-state index contributed by atoms with van der Waals surface area (Å²) in [5.41, 5.74) is 2.37. The summed E-state index contributed by atoms with van der Waals surface area (Å²) in [7, 11) is 1.70. The molecule has 0 bridgehead atoms. The van der Waals surface area contributed by atoms with E-state index < -0.39 is 17.9 Å². The number of hydrogen-bond acceptors (Lipinski definition) is 5. The molecule has 9 heteroatoms. The third kappa shape index (κ3) is 6.02. The van der Waals surface area contributed by atoms with E-state index in [0.717, 1.165) is 5.56 Å². The molecule has 2 amide bonds. The molecule has 0 radical (unpaired) electrons. The molecule has 1 unspecified atom stereocenters. The number of aryl methyl sites for hydroxylation is 1. The van der Waals surface area contributed by atoms with Gasteiger partial charge in [-0.1, -0.05) is 30.3 Å². The fourth-order valence-corrected chi connectivity index (χ4v) is 3.71. The van der Waals surface area contributed by atoms with Crippen LogP contribution in [-0.4, -0.2) is 46.6 Å². The van der Waals surface area contributed by atoms with Crippen LogP contribution < -0.4 is 10.2 Å². The number of nitrogens with one attached hydrogen (secondary N) is 1. The summed E-state index contributed by atoms with van der Waals surface area (Å²) in [5.74, 6) is -1.63. The van der Waals surface area contributed by atoms with Crippen LogP contribution in [0, 0.1) is 0 Å². The number of carbonyl (C=O) groups is 3. The molecule has 0 aliphatic carbocycles. The lowest BCUT2D eigenvalue weighted by atomic mass is 10.1. The fourth-order valence-electron chi connectivity index (χ4n) is 3.58. The first-order valence-electron chi connectivity index (χ1n) is 10.9. The van der Waals surface area contributed by atoms with Gasteiger partial charge in [-0.25, -0.2) is 4.79 Å². The van der Waals surface area contributed by atoms with Crippen LogP contribution in [0.2, 0.25) is 0 Å². The molecular weight excluding hydrogens is 456 g/mol. The van der Waals surface area contributed by atoms with Gasteiger partial charge in [0.2, 0.25) is 11.8 Å². The molecule has 1 heterocycles. The topological polar surface area (TPSA) is 93.5 Å². The number of aromatic nitrogens is 2. The van der Waals surface area contributed by atoms with Crippen LogP contribution in [0.4, 0.5) is 5.69 Å². The average Bonchev–Trinajstić information content (AvgIpc) is 3.28. The second-order valence-corrected chi connectivity index (χ2v) is 7.74. The Kier molecular flexibility index (Phi) is 8.81. The molecule has 0 aliphatic heterocycles. The maximum atomic E-state index is 13.4. The standard InChI is InChI=1S/C25H27ClN4O4/c1-3-34-25(33)19-9-11-20(12-10-19)30(22(31)17-26)23(21-14-16-28-29(21)2)24(32)27-15-13-18-7-5-4-6-8-18/h4-12,14,16,23H,3,13,15,17H2,1-2H3,(H,27,32). The molecule has 3 rings (SSSR count). The first kappa shape index (κ1) is 25.0. The van der Waals surface area contributed by atoms with Crippen molar-refractivity contribution >= 4 is 35.1 Å². The van der Waals surface area contributed by atoms with Crippen LogP contribution in [-0.2, 0) is 27.8 Å². The SMILES string of the molecule is CCOC(=O)c1ccc(N(C(=O)CCl)C(C(=O)NCCc2ccccc2)c2ccnn2C)cc1. The number of rotatable bonds is 10. The van der Waals surface area contributed by atoms with Gasteiger partial charge in [0.05, 0.1) is 17.9 Å². The monoisotopic (exact) mass is 482 g/mol. The third-order valence-corrected chi connectivity index (χ3v) is 5.47. The highest BCUT2D eigenvalue weighted by Gasteiger charge is 2.34. The van der Waals surface area contributed by atoms with Crippen LogP contribution >= 0.6 is 11.6 Å². The van der Waals surface area contributed by atoms with Crippen LogP contribution in [0.25, 0.3) is 0 Å². The van der Waals surface area contributed by atoms with Gasteiger partial charge in [0.1, 0.15) is 5.88 Å². The van der Waals surface area contributed by atoms with Gasteiger partial charge in [-0.15, -0.1) is 11.6 Å². The second-order valence-electron chi connectivity index (χ2n) is 7.47. The van der Waals surface area contributed by atoms with Crippen molar-refractivity contribution in [1.29, 1.82) is 0 Å². The van der Waals surface area contributed by atoms with Gasteiger partial charge in [-0.05, 0) is 49.2 Å². The molecule has 1 N–H and O–H groups in total. The van der Waals surface area contributed by atoms with Crippen molar-refractivity contribution in [2.75, 3.05) is 23.9 Å². The minimum atomic E-state index is -1.01. The quantitative estimate of drug-likeness (QED) is 0.353. The molecule has 0 spiro atoms. The van der Waals surface area contributed by atoms with Crippen molar-refractivity contribution in [2.45, 2.75) is 19.4 Å². The number of hydrogen-bond donors (Lipinski definition) is 1. The van der Waals surface area contributed by atoms with Crippen molar-refractivity contribution in [3.05, 3.63) is 83.7 Å². The third-order valence-electron chi connectivity index (χ3n) is 5.24. The molecule has 0 fully saturated rings. The average molecular weight is 483 g/mol. The van der Waals surface area contributed by atoms with Gasteiger partial charge in [-0.2, -0.15) is 5.10 Å². The highest BCUT2D eigenvalue weighted by atomic mass is 35.5. The summed E-state index contributed by atoms with van der Waals surface area (Å²) < 4.78 is 6.57. The lowest BCUT2D eigenvalue weighted by molar-refractivity contribution is -0.126. The number of benzene rings is 2. The van der Waals surface area contributed by atoms with Crippen LogP contribution in [0.15, 0.2) is 66.9 Å². The van der Waals surface area contributed by atoms with Crippen molar-refractivity contribution < 1.29 is 19.1 Å². The zero-order valence-electron chi connectivity index (χ0n) is 19.1. The van der Waals surface area contributed by atoms with Crippen molar-refractivity contribution in [1.82, 2.24) is 15.1 Å². The van der Waals surface area contributed by atoms with E-state index in [4.69, 9.17) is 16.3 Å². The first-order valence-corrected chi connectivity index (χ1v) is 11.4. The Bertz CT molecular complexity index is 1120. The van der Waals surface area contributed by atoms with E-state index in [1.165, 1.54) is 4.90 Å². The highest BCUT2D eigenvalue weighted by Crippen LogP contribution is 2.28. The van der Waals surface area contributed by atoms with Crippen LogP contribution in [0.5, 0.6) is 0 Å². The summed E-state index contributed by atoms with van der Waals surface area (Å²) in [6.45, 7) is 2.37. The van der Waals surface area contributed by atoms with Gasteiger partial charge >= 0.3 is 5.97 Å². The van der Waals surface area contributed by atoms with Crippen LogP contribution in [0.1, 0.15) is 34.6 Å². The Labute approximate surface area is 203 Å². The Hall–Kier alpha value is -3.65. The molecule has 3 aromatic rings. The summed E-state index contributed by atoms with van der Waals surface area (Å²) in [6, 6.07) is 16.7. The predicted molar refractivity (Wildman–Crippen MR) is 130 cm³/mol. The lowest BCUT2D eigenvalue weighted by Crippen LogP contribution is -2.45. The lowest BCUT2D eigenvalue weighted by Gasteiger charge is -2.31. The molecule has 34 heavy (non-hydrogen) atoms. The predicted octanol–water partition coefficient (Wildman–Crippen LogP) is 3.27. The van der Waals surface area contributed by atoms with Crippen molar-refractivity contribution in [3.8, 4) is 0 Å². The van der Waals surface area contributed by atoms with Gasteiger partial charge in [0, 0.05) is 25.5 Å². The molecule has 178 valence electrons. The van der Waals surface area contributed by atoms with E-state index in [-0.39, 0.29) is 18.4 Å². The van der Waals surface area contributed by atoms with E-state index in [1.54, 1.807) is 55.2 Å². The number of amides is 2. The van der Waals surface area contributed by atoms with Crippen molar-refractivity contribution in [3.63, 3.8) is 0 Å². The van der Waals surface area contributed by atoms with E-state index >= 15 is 0 Å². The smallest absolute Gasteiger partial charge is 0.338 e. The molecule has 0 aliphatic rings. The second kappa shape index (κ2) is 12.0. The summed E-state index contributed by atoms with van der Waals surface area (Å²) in [4.78, 5) is 39.7. The van der Waals surface area contributed by atoms with Gasteiger partial charge in [0.15, 0.2) is 6.04 Å². The van der Waals surface area contributed by atoms with E-state index in [9.17, 15) is 14.4 Å². The Morgan fingerprint density at radius 1 is 1.09 bits per heavy atom. The summed E-state index contributed by atoms with van der Waals surface area (Å²) in [5, 5.41) is 7.10. The van der Waals surface area contributed by atoms with Gasteiger partial charge < -0.3 is 10.1 Å². The maximum absolute atomic E-state index is 13.4. The Morgan fingerprint density at radius 2 is 1.79 bits per heavy atom. The number of esters is 1. The van der Waals surface area contributed by atoms with E-state index in [1.807, 2.05) is 30.3 Å². The largest absolute Gasteiger partial charge is 0.462 e. The molecule has 8 nitrogen and oxygen atoms in total.